The smallest absolute Gasteiger partial charge is 0.293 e. The van der Waals surface area contributed by atoms with Crippen molar-refractivity contribution >= 4 is 50.9 Å². The fourth-order valence-corrected chi connectivity index (χ4v) is 4.87. The second kappa shape index (κ2) is 9.74. The van der Waals surface area contributed by atoms with Crippen LogP contribution in [0.1, 0.15) is 0 Å². The summed E-state index contributed by atoms with van der Waals surface area (Å²) in [4.78, 5) is 29.1. The maximum absolute atomic E-state index is 14.8. The Morgan fingerprint density at radius 1 is 1.11 bits per heavy atom. The van der Waals surface area contributed by atoms with Crippen molar-refractivity contribution in [3.63, 3.8) is 0 Å². The van der Waals surface area contributed by atoms with Crippen LogP contribution >= 0.6 is 22.6 Å². The molecule has 1 aliphatic rings. The average molecular weight is 590 g/mol. The van der Waals surface area contributed by atoms with Gasteiger partial charge in [-0.2, -0.15) is 4.98 Å². The number of halogens is 3. The highest BCUT2D eigenvalue weighted by molar-refractivity contribution is 14.1. The first-order chi connectivity index (χ1) is 17.0. The van der Waals surface area contributed by atoms with Gasteiger partial charge in [0.1, 0.15) is 18.7 Å². The number of fused-ring (bicyclic) bond motifs is 1. The van der Waals surface area contributed by atoms with Gasteiger partial charge in [-0.1, -0.05) is 6.07 Å². The fourth-order valence-electron chi connectivity index (χ4n) is 4.11. The van der Waals surface area contributed by atoms with Crippen molar-refractivity contribution in [2.24, 2.45) is 0 Å². The largest absolute Gasteiger partial charge is 0.412 e. The number of nitrogens with zero attached hydrogens (tertiary/aromatic N) is 4. The molecule has 0 amide bonds. The molecule has 0 bridgehead atoms. The molecule has 2 N–H and O–H groups in total. The second-order valence-corrected chi connectivity index (χ2v) is 9.10. The number of rotatable bonds is 5. The third kappa shape index (κ3) is 4.52. The maximum atomic E-state index is 14.8. The SMILES string of the molecule is COn1c(=O)c(-c2c(F)cccc2I)cc2cnc(Nc3ccc(N4CCNCC4)c(F)c3)nc21. The van der Waals surface area contributed by atoms with E-state index in [1.807, 2.05) is 27.5 Å². The van der Waals surface area contributed by atoms with Gasteiger partial charge in [-0.05, 0) is 59.0 Å². The van der Waals surface area contributed by atoms with E-state index in [0.717, 1.165) is 30.9 Å². The van der Waals surface area contributed by atoms with Crippen LogP contribution in [0.5, 0.6) is 0 Å². The Bertz CT molecular complexity index is 1450. The molecule has 1 saturated heterocycles. The van der Waals surface area contributed by atoms with E-state index in [-0.39, 0.29) is 28.5 Å². The molecule has 0 atom stereocenters. The van der Waals surface area contributed by atoms with Crippen LogP contribution in [-0.4, -0.2) is 48.0 Å². The van der Waals surface area contributed by atoms with Crippen LogP contribution < -0.4 is 25.9 Å². The minimum absolute atomic E-state index is 0.136. The van der Waals surface area contributed by atoms with Crippen molar-refractivity contribution < 1.29 is 13.6 Å². The summed E-state index contributed by atoms with van der Waals surface area (Å²) in [6.45, 7) is 3.09. The third-order valence-corrected chi connectivity index (χ3v) is 6.68. The van der Waals surface area contributed by atoms with Gasteiger partial charge in [-0.15, -0.1) is 4.73 Å². The summed E-state index contributed by atoms with van der Waals surface area (Å²) < 4.78 is 30.9. The van der Waals surface area contributed by atoms with E-state index in [1.165, 1.54) is 25.4 Å². The molecular weight excluding hydrogens is 569 g/mol. The number of benzene rings is 2. The first-order valence-corrected chi connectivity index (χ1v) is 12.0. The standard InChI is InChI=1S/C24H21F2IN6O2/c1-35-33-22-14(11-16(23(33)34)21-17(25)3-2-4-19(21)27)13-29-24(31-22)30-15-5-6-20(18(26)12-15)32-9-7-28-8-10-32/h2-6,11-13,28H,7-10H2,1H3,(H,29,30,31). The molecule has 0 aliphatic carbocycles. The molecule has 35 heavy (non-hydrogen) atoms. The summed E-state index contributed by atoms with van der Waals surface area (Å²) in [7, 11) is 1.33. The van der Waals surface area contributed by atoms with Crippen LogP contribution in [0.3, 0.4) is 0 Å². The lowest BCUT2D eigenvalue weighted by atomic mass is 10.1. The molecule has 0 saturated carbocycles. The number of anilines is 3. The number of aromatic nitrogens is 3. The van der Waals surface area contributed by atoms with Crippen LogP contribution in [0.4, 0.5) is 26.1 Å². The van der Waals surface area contributed by atoms with Gasteiger partial charge >= 0.3 is 0 Å². The Hall–Kier alpha value is -3.32. The van der Waals surface area contributed by atoms with Crippen LogP contribution in [0.25, 0.3) is 22.2 Å². The molecule has 8 nitrogen and oxygen atoms in total. The molecule has 11 heteroatoms. The number of hydrogen-bond donors (Lipinski definition) is 2. The van der Waals surface area contributed by atoms with Gasteiger partial charge in [-0.25, -0.2) is 13.8 Å². The summed E-state index contributed by atoms with van der Waals surface area (Å²) in [5.41, 5.74) is 0.969. The lowest BCUT2D eigenvalue weighted by molar-refractivity contribution is 0.168. The van der Waals surface area contributed by atoms with Gasteiger partial charge in [0.15, 0.2) is 5.65 Å². The molecule has 2 aromatic heterocycles. The van der Waals surface area contributed by atoms with Crippen molar-refractivity contribution in [1.29, 1.82) is 0 Å². The predicted molar refractivity (Wildman–Crippen MR) is 139 cm³/mol. The monoisotopic (exact) mass is 590 g/mol. The minimum atomic E-state index is -0.556. The van der Waals surface area contributed by atoms with E-state index in [2.05, 4.69) is 20.6 Å². The van der Waals surface area contributed by atoms with Gasteiger partial charge in [-0.3, -0.25) is 4.79 Å². The van der Waals surface area contributed by atoms with E-state index in [1.54, 1.807) is 30.3 Å². The van der Waals surface area contributed by atoms with Gasteiger partial charge < -0.3 is 20.4 Å². The van der Waals surface area contributed by atoms with E-state index in [0.29, 0.717) is 20.3 Å². The van der Waals surface area contributed by atoms with Crippen molar-refractivity contribution in [3.05, 3.63) is 74.2 Å². The normalized spacial score (nSPS) is 13.8. The topological polar surface area (TPSA) is 84.3 Å². The van der Waals surface area contributed by atoms with Crippen molar-refractivity contribution in [1.82, 2.24) is 20.0 Å². The Morgan fingerprint density at radius 2 is 1.91 bits per heavy atom. The Morgan fingerprint density at radius 3 is 2.63 bits per heavy atom. The van der Waals surface area contributed by atoms with E-state index < -0.39 is 11.4 Å². The number of piperazine rings is 1. The quantitative estimate of drug-likeness (QED) is 0.344. The summed E-state index contributed by atoms with van der Waals surface area (Å²) in [6, 6.07) is 11.0. The summed E-state index contributed by atoms with van der Waals surface area (Å²) in [5, 5.41) is 6.70. The summed E-state index contributed by atoms with van der Waals surface area (Å²) >= 11 is 1.98. The molecule has 4 aromatic rings. The molecule has 180 valence electrons. The molecule has 1 fully saturated rings. The van der Waals surface area contributed by atoms with Gasteiger partial charge in [0.25, 0.3) is 5.56 Å². The van der Waals surface area contributed by atoms with Crippen LogP contribution in [0.15, 0.2) is 53.5 Å². The highest BCUT2D eigenvalue weighted by Crippen LogP contribution is 2.28. The summed E-state index contributed by atoms with van der Waals surface area (Å²) in [5.74, 6) is -0.706. The number of pyridine rings is 1. The lowest BCUT2D eigenvalue weighted by Crippen LogP contribution is -2.43. The van der Waals surface area contributed by atoms with Gasteiger partial charge in [0.2, 0.25) is 5.95 Å². The molecule has 2 aromatic carbocycles. The highest BCUT2D eigenvalue weighted by atomic mass is 127. The fraction of sp³-hybridized carbons (Fsp3) is 0.208. The summed E-state index contributed by atoms with van der Waals surface area (Å²) in [6.07, 6.45) is 1.50. The first-order valence-electron chi connectivity index (χ1n) is 10.9. The second-order valence-electron chi connectivity index (χ2n) is 7.94. The first kappa shape index (κ1) is 23.4. The lowest BCUT2D eigenvalue weighted by Gasteiger charge is -2.29. The molecule has 1 aliphatic heterocycles. The van der Waals surface area contributed by atoms with E-state index >= 15 is 0 Å². The number of hydrogen-bond acceptors (Lipinski definition) is 7. The van der Waals surface area contributed by atoms with Crippen LogP contribution in [0, 0.1) is 15.2 Å². The molecule has 0 radical (unpaired) electrons. The molecule has 0 unspecified atom stereocenters. The van der Waals surface area contributed by atoms with Crippen LogP contribution in [0.2, 0.25) is 0 Å². The molecule has 3 heterocycles. The highest BCUT2D eigenvalue weighted by Gasteiger charge is 2.19. The minimum Gasteiger partial charge on any atom is -0.412 e. The predicted octanol–water partition coefficient (Wildman–Crippen LogP) is 3.55. The van der Waals surface area contributed by atoms with Crippen LogP contribution in [-0.2, 0) is 0 Å². The van der Waals surface area contributed by atoms with Gasteiger partial charge in [0.05, 0.1) is 11.3 Å². The maximum Gasteiger partial charge on any atom is 0.293 e. The van der Waals surface area contributed by atoms with E-state index in [9.17, 15) is 13.6 Å². The zero-order valence-electron chi connectivity index (χ0n) is 18.7. The Kier molecular flexibility index (Phi) is 6.52. The zero-order valence-corrected chi connectivity index (χ0v) is 20.8. The molecule has 5 rings (SSSR count). The Labute approximate surface area is 213 Å². The number of nitrogens with one attached hydrogen (secondary N) is 2. The van der Waals surface area contributed by atoms with Gasteiger partial charge in [0, 0.05) is 52.6 Å². The van der Waals surface area contributed by atoms with Crippen molar-refractivity contribution in [2.75, 3.05) is 43.5 Å². The van der Waals surface area contributed by atoms with E-state index in [4.69, 9.17) is 4.84 Å². The Balaban J connectivity index is 1.50. The third-order valence-electron chi connectivity index (χ3n) is 5.78. The molecule has 0 spiro atoms. The average Bonchev–Trinajstić information content (AvgIpc) is 2.85. The van der Waals surface area contributed by atoms with Crippen molar-refractivity contribution in [3.8, 4) is 11.1 Å². The zero-order chi connectivity index (χ0) is 24.5. The molecular formula is C24H21F2IN6O2. The van der Waals surface area contributed by atoms with Crippen molar-refractivity contribution in [2.45, 2.75) is 0 Å².